The van der Waals surface area contributed by atoms with E-state index in [9.17, 15) is 4.79 Å². The molecule has 0 radical (unpaired) electrons. The van der Waals surface area contributed by atoms with Crippen LogP contribution in [0.25, 0.3) is 0 Å². The maximum Gasteiger partial charge on any atom is 0.255 e. The highest BCUT2D eigenvalue weighted by Crippen LogP contribution is 2.36. The Balaban J connectivity index is 3.01. The van der Waals surface area contributed by atoms with E-state index in [1.54, 1.807) is 12.1 Å². The summed E-state index contributed by atoms with van der Waals surface area (Å²) in [5.41, 5.74) is 5.88. The highest BCUT2D eigenvalue weighted by atomic mass is 35.5. The minimum Gasteiger partial charge on any atom is -0.493 e. The first-order chi connectivity index (χ1) is 7.58. The topological polar surface area (TPSA) is 61.6 Å². The standard InChI is InChI=1S/C10H12ClNO3S/c1-14-8-3-6(5-16)2-7(11)10(8)15-4-9(12)13/h2-3,16H,4-5H2,1H3,(H2,12,13). The summed E-state index contributed by atoms with van der Waals surface area (Å²) in [4.78, 5) is 10.6. The van der Waals surface area contributed by atoms with Crippen molar-refractivity contribution in [2.45, 2.75) is 5.75 Å². The molecule has 0 unspecified atom stereocenters. The van der Waals surface area contributed by atoms with Gasteiger partial charge in [-0.05, 0) is 17.7 Å². The van der Waals surface area contributed by atoms with Crippen molar-refractivity contribution in [2.24, 2.45) is 5.73 Å². The van der Waals surface area contributed by atoms with Gasteiger partial charge in [0.2, 0.25) is 0 Å². The number of primary amides is 1. The molecule has 1 aromatic carbocycles. The molecule has 0 bridgehead atoms. The zero-order valence-electron chi connectivity index (χ0n) is 8.70. The number of amides is 1. The number of benzene rings is 1. The lowest BCUT2D eigenvalue weighted by Crippen LogP contribution is -2.20. The van der Waals surface area contributed by atoms with Crippen molar-refractivity contribution in [2.75, 3.05) is 13.7 Å². The van der Waals surface area contributed by atoms with Gasteiger partial charge in [-0.15, -0.1) is 0 Å². The minimum atomic E-state index is -0.573. The molecule has 0 heterocycles. The van der Waals surface area contributed by atoms with Gasteiger partial charge < -0.3 is 15.2 Å². The number of rotatable bonds is 5. The van der Waals surface area contributed by atoms with Crippen LogP contribution in [0.3, 0.4) is 0 Å². The number of carbonyl (C=O) groups is 1. The molecule has 16 heavy (non-hydrogen) atoms. The summed E-state index contributed by atoms with van der Waals surface area (Å²) < 4.78 is 10.3. The summed E-state index contributed by atoms with van der Waals surface area (Å²) in [6, 6.07) is 3.45. The Morgan fingerprint density at radius 1 is 1.56 bits per heavy atom. The molecule has 88 valence electrons. The Morgan fingerprint density at radius 3 is 2.75 bits per heavy atom. The van der Waals surface area contributed by atoms with Crippen LogP contribution < -0.4 is 15.2 Å². The van der Waals surface area contributed by atoms with Crippen LogP contribution in [0.2, 0.25) is 5.02 Å². The van der Waals surface area contributed by atoms with E-state index < -0.39 is 5.91 Å². The molecule has 1 rings (SSSR count). The third-order valence-corrected chi connectivity index (χ3v) is 2.48. The molecular formula is C10H12ClNO3S. The number of nitrogens with two attached hydrogens (primary N) is 1. The molecule has 1 aromatic rings. The van der Waals surface area contributed by atoms with Gasteiger partial charge >= 0.3 is 0 Å². The van der Waals surface area contributed by atoms with Gasteiger partial charge in [0.15, 0.2) is 18.1 Å². The van der Waals surface area contributed by atoms with Gasteiger partial charge in [-0.25, -0.2) is 0 Å². The van der Waals surface area contributed by atoms with E-state index in [-0.39, 0.29) is 6.61 Å². The van der Waals surface area contributed by atoms with Crippen molar-refractivity contribution >= 4 is 30.1 Å². The van der Waals surface area contributed by atoms with Crippen molar-refractivity contribution < 1.29 is 14.3 Å². The molecule has 0 spiro atoms. The van der Waals surface area contributed by atoms with E-state index in [0.29, 0.717) is 22.3 Å². The van der Waals surface area contributed by atoms with Crippen molar-refractivity contribution in [3.8, 4) is 11.5 Å². The predicted octanol–water partition coefficient (Wildman–Crippen LogP) is 1.64. The Labute approximate surface area is 104 Å². The van der Waals surface area contributed by atoms with Crippen molar-refractivity contribution in [1.29, 1.82) is 0 Å². The summed E-state index contributed by atoms with van der Waals surface area (Å²) in [6.45, 7) is -0.240. The number of methoxy groups -OCH3 is 1. The summed E-state index contributed by atoms with van der Waals surface area (Å²) in [5.74, 6) is 0.731. The second-order valence-electron chi connectivity index (χ2n) is 3.02. The van der Waals surface area contributed by atoms with Gasteiger partial charge in [0.25, 0.3) is 5.91 Å². The smallest absolute Gasteiger partial charge is 0.255 e. The Kier molecular flexibility index (Phi) is 4.76. The molecule has 0 aliphatic rings. The second-order valence-corrected chi connectivity index (χ2v) is 3.75. The van der Waals surface area contributed by atoms with Crippen molar-refractivity contribution in [1.82, 2.24) is 0 Å². The quantitative estimate of drug-likeness (QED) is 0.792. The zero-order valence-corrected chi connectivity index (χ0v) is 10.3. The van der Waals surface area contributed by atoms with Gasteiger partial charge in [0, 0.05) is 5.75 Å². The lowest BCUT2D eigenvalue weighted by atomic mass is 10.2. The van der Waals surface area contributed by atoms with Crippen LogP contribution >= 0.6 is 24.2 Å². The van der Waals surface area contributed by atoms with E-state index in [4.69, 9.17) is 26.8 Å². The maximum atomic E-state index is 10.6. The lowest BCUT2D eigenvalue weighted by molar-refractivity contribution is -0.119. The first-order valence-corrected chi connectivity index (χ1v) is 5.48. The molecule has 6 heteroatoms. The molecule has 0 aliphatic heterocycles. The zero-order chi connectivity index (χ0) is 12.1. The number of hydrogen-bond acceptors (Lipinski definition) is 4. The fourth-order valence-corrected chi connectivity index (χ4v) is 1.62. The first-order valence-electron chi connectivity index (χ1n) is 4.46. The molecule has 1 amide bonds. The number of hydrogen-bond donors (Lipinski definition) is 2. The van der Waals surface area contributed by atoms with E-state index in [1.165, 1.54) is 7.11 Å². The Bertz CT molecular complexity index is 398. The SMILES string of the molecule is COc1cc(CS)cc(Cl)c1OCC(N)=O. The highest BCUT2D eigenvalue weighted by molar-refractivity contribution is 7.79. The fraction of sp³-hybridized carbons (Fsp3) is 0.300. The van der Waals surface area contributed by atoms with Gasteiger partial charge in [0.1, 0.15) is 0 Å². The van der Waals surface area contributed by atoms with Crippen LogP contribution in [0, 0.1) is 0 Å². The van der Waals surface area contributed by atoms with Crippen LogP contribution in [0.1, 0.15) is 5.56 Å². The lowest BCUT2D eigenvalue weighted by Gasteiger charge is -2.12. The van der Waals surface area contributed by atoms with Crippen LogP contribution in [0.15, 0.2) is 12.1 Å². The summed E-state index contributed by atoms with van der Waals surface area (Å²) >= 11 is 10.1. The monoisotopic (exact) mass is 261 g/mol. The fourth-order valence-electron chi connectivity index (χ4n) is 1.15. The summed E-state index contributed by atoms with van der Waals surface area (Å²) in [5, 5.41) is 0.365. The molecule has 0 fully saturated rings. The highest BCUT2D eigenvalue weighted by Gasteiger charge is 2.12. The molecule has 0 saturated carbocycles. The summed E-state index contributed by atoms with van der Waals surface area (Å²) in [7, 11) is 1.49. The number of thiol groups is 1. The van der Waals surface area contributed by atoms with Crippen LogP contribution in [-0.4, -0.2) is 19.6 Å². The normalized spacial score (nSPS) is 9.94. The average molecular weight is 262 g/mol. The van der Waals surface area contributed by atoms with Crippen molar-refractivity contribution in [3.05, 3.63) is 22.7 Å². The second kappa shape index (κ2) is 5.86. The molecular weight excluding hydrogens is 250 g/mol. The molecule has 0 aliphatic carbocycles. The minimum absolute atomic E-state index is 0.240. The molecule has 2 N–H and O–H groups in total. The maximum absolute atomic E-state index is 10.6. The van der Waals surface area contributed by atoms with E-state index >= 15 is 0 Å². The molecule has 0 saturated heterocycles. The third-order valence-electron chi connectivity index (χ3n) is 1.83. The van der Waals surface area contributed by atoms with E-state index in [0.717, 1.165) is 5.56 Å². The Hall–Kier alpha value is -1.07. The van der Waals surface area contributed by atoms with E-state index in [2.05, 4.69) is 12.6 Å². The van der Waals surface area contributed by atoms with Crippen LogP contribution in [-0.2, 0) is 10.5 Å². The average Bonchev–Trinajstić information content (AvgIpc) is 2.26. The van der Waals surface area contributed by atoms with Gasteiger partial charge in [0.05, 0.1) is 12.1 Å². The van der Waals surface area contributed by atoms with E-state index in [1.807, 2.05) is 0 Å². The van der Waals surface area contributed by atoms with Gasteiger partial charge in [-0.3, -0.25) is 4.79 Å². The number of carbonyl (C=O) groups excluding carboxylic acids is 1. The van der Waals surface area contributed by atoms with Crippen LogP contribution in [0.4, 0.5) is 0 Å². The van der Waals surface area contributed by atoms with Gasteiger partial charge in [-0.2, -0.15) is 12.6 Å². The first kappa shape index (κ1) is 13.0. The molecule has 0 aromatic heterocycles. The van der Waals surface area contributed by atoms with Crippen molar-refractivity contribution in [3.63, 3.8) is 0 Å². The summed E-state index contributed by atoms with van der Waals surface area (Å²) in [6.07, 6.45) is 0. The number of halogens is 1. The van der Waals surface area contributed by atoms with Crippen LogP contribution in [0.5, 0.6) is 11.5 Å². The molecule has 4 nitrogen and oxygen atoms in total. The molecule has 0 atom stereocenters. The third kappa shape index (κ3) is 3.21. The Morgan fingerprint density at radius 2 is 2.25 bits per heavy atom. The van der Waals surface area contributed by atoms with Gasteiger partial charge in [-0.1, -0.05) is 11.6 Å². The largest absolute Gasteiger partial charge is 0.493 e. The number of ether oxygens (including phenoxy) is 2. The predicted molar refractivity (Wildman–Crippen MR) is 65.4 cm³/mol.